The fraction of sp³-hybridized carbons (Fsp3) is 0.235. The number of benzene rings is 2. The molecule has 0 fully saturated rings. The first-order valence-electron chi connectivity index (χ1n) is 7.05. The summed E-state index contributed by atoms with van der Waals surface area (Å²) in [5.74, 6) is 1.81. The Kier molecular flexibility index (Phi) is 6.63. The van der Waals surface area contributed by atoms with Crippen LogP contribution in [0.5, 0.6) is 17.2 Å². The van der Waals surface area contributed by atoms with Gasteiger partial charge >= 0.3 is 0 Å². The number of amides is 1. The first-order valence-corrected chi connectivity index (χ1v) is 8.42. The maximum atomic E-state index is 12.2. The van der Waals surface area contributed by atoms with Crippen molar-refractivity contribution < 1.29 is 19.0 Å². The summed E-state index contributed by atoms with van der Waals surface area (Å²) in [4.78, 5) is 13.1. The Labute approximate surface area is 150 Å². The van der Waals surface area contributed by atoms with Gasteiger partial charge in [0.2, 0.25) is 5.91 Å². The van der Waals surface area contributed by atoms with Gasteiger partial charge in [-0.1, -0.05) is 17.7 Å². The van der Waals surface area contributed by atoms with E-state index in [1.165, 1.54) is 26.0 Å². The van der Waals surface area contributed by atoms with Crippen molar-refractivity contribution in [3.8, 4) is 17.2 Å². The van der Waals surface area contributed by atoms with Crippen molar-refractivity contribution in [2.24, 2.45) is 0 Å². The van der Waals surface area contributed by atoms with Crippen molar-refractivity contribution in [2.45, 2.75) is 4.90 Å². The van der Waals surface area contributed by atoms with E-state index in [0.717, 1.165) is 10.6 Å². The second kappa shape index (κ2) is 8.70. The number of nitrogens with one attached hydrogen (secondary N) is 1. The van der Waals surface area contributed by atoms with Crippen molar-refractivity contribution >= 4 is 35.0 Å². The first-order chi connectivity index (χ1) is 11.6. The van der Waals surface area contributed by atoms with Gasteiger partial charge in [0.05, 0.1) is 37.8 Å². The van der Waals surface area contributed by atoms with E-state index in [-0.39, 0.29) is 11.7 Å². The van der Waals surface area contributed by atoms with Crippen LogP contribution in [-0.2, 0) is 4.79 Å². The summed E-state index contributed by atoms with van der Waals surface area (Å²) >= 11 is 7.51. The molecule has 0 aromatic heterocycles. The van der Waals surface area contributed by atoms with E-state index < -0.39 is 0 Å². The lowest BCUT2D eigenvalue weighted by Gasteiger charge is -2.13. The zero-order chi connectivity index (χ0) is 17.5. The summed E-state index contributed by atoms with van der Waals surface area (Å²) in [5.41, 5.74) is 0.500. The van der Waals surface area contributed by atoms with Crippen molar-refractivity contribution in [1.82, 2.24) is 0 Å². The van der Waals surface area contributed by atoms with Gasteiger partial charge < -0.3 is 19.5 Å². The minimum Gasteiger partial charge on any atom is -0.497 e. The predicted octanol–water partition coefficient (Wildman–Crippen LogP) is 4.10. The van der Waals surface area contributed by atoms with Crippen LogP contribution >= 0.6 is 23.4 Å². The molecule has 0 spiro atoms. The fourth-order valence-corrected chi connectivity index (χ4v) is 2.97. The summed E-state index contributed by atoms with van der Waals surface area (Å²) in [5, 5.41) is 3.19. The number of hydrogen-bond acceptors (Lipinski definition) is 5. The van der Waals surface area contributed by atoms with Crippen LogP contribution in [0, 0.1) is 0 Å². The maximum absolute atomic E-state index is 12.2. The highest BCUT2D eigenvalue weighted by molar-refractivity contribution is 8.00. The third kappa shape index (κ3) is 4.72. The molecule has 128 valence electrons. The van der Waals surface area contributed by atoms with Gasteiger partial charge in [-0.05, 0) is 24.3 Å². The van der Waals surface area contributed by atoms with Crippen LogP contribution in [-0.4, -0.2) is 33.0 Å². The minimum atomic E-state index is -0.164. The van der Waals surface area contributed by atoms with E-state index in [1.807, 2.05) is 24.3 Å². The average molecular weight is 368 g/mol. The normalized spacial score (nSPS) is 10.2. The Morgan fingerprint density at radius 3 is 2.50 bits per heavy atom. The van der Waals surface area contributed by atoms with Crippen LogP contribution < -0.4 is 19.5 Å². The van der Waals surface area contributed by atoms with Gasteiger partial charge in [0, 0.05) is 11.0 Å². The molecule has 0 radical (unpaired) electrons. The van der Waals surface area contributed by atoms with Gasteiger partial charge in [-0.2, -0.15) is 0 Å². The van der Waals surface area contributed by atoms with Crippen molar-refractivity contribution in [1.29, 1.82) is 0 Å². The Balaban J connectivity index is 2.02. The minimum absolute atomic E-state index is 0.164. The molecule has 7 heteroatoms. The Morgan fingerprint density at radius 2 is 1.83 bits per heavy atom. The Hall–Kier alpha value is -2.05. The number of rotatable bonds is 7. The van der Waals surface area contributed by atoms with E-state index >= 15 is 0 Å². The summed E-state index contributed by atoms with van der Waals surface area (Å²) in [6.45, 7) is 0. The second-order valence-electron chi connectivity index (χ2n) is 4.70. The molecular weight excluding hydrogens is 350 g/mol. The molecule has 0 aliphatic rings. The van der Waals surface area contributed by atoms with Gasteiger partial charge in [0.15, 0.2) is 0 Å². The molecule has 1 amide bonds. The fourth-order valence-electron chi connectivity index (χ4n) is 1.98. The van der Waals surface area contributed by atoms with Crippen LogP contribution in [0.15, 0.2) is 41.3 Å². The Morgan fingerprint density at radius 1 is 1.08 bits per heavy atom. The number of hydrogen-bond donors (Lipinski definition) is 1. The third-order valence-electron chi connectivity index (χ3n) is 3.16. The second-order valence-corrected chi connectivity index (χ2v) is 6.16. The number of thioether (sulfide) groups is 1. The molecule has 0 unspecified atom stereocenters. The van der Waals surface area contributed by atoms with Crippen LogP contribution in [0.25, 0.3) is 0 Å². The van der Waals surface area contributed by atoms with E-state index in [4.69, 9.17) is 25.8 Å². The van der Waals surface area contributed by atoms with E-state index in [1.54, 1.807) is 19.2 Å². The number of methoxy groups -OCH3 is 3. The van der Waals surface area contributed by atoms with Crippen LogP contribution in [0.2, 0.25) is 5.02 Å². The van der Waals surface area contributed by atoms with E-state index in [9.17, 15) is 4.79 Å². The van der Waals surface area contributed by atoms with Gasteiger partial charge in [-0.3, -0.25) is 4.79 Å². The first kappa shape index (κ1) is 18.3. The molecule has 0 saturated heterocycles. The molecule has 2 rings (SSSR count). The molecule has 0 bridgehead atoms. The van der Waals surface area contributed by atoms with Gasteiger partial charge in [0.1, 0.15) is 17.2 Å². The van der Waals surface area contributed by atoms with Crippen molar-refractivity contribution in [3.63, 3.8) is 0 Å². The average Bonchev–Trinajstić information content (AvgIpc) is 2.60. The van der Waals surface area contributed by atoms with Crippen LogP contribution in [0.4, 0.5) is 5.69 Å². The molecule has 0 saturated carbocycles. The van der Waals surface area contributed by atoms with Crippen LogP contribution in [0.1, 0.15) is 0 Å². The summed E-state index contributed by atoms with van der Waals surface area (Å²) in [6, 6.07) is 10.8. The van der Waals surface area contributed by atoms with Gasteiger partial charge in [-0.15, -0.1) is 11.8 Å². The van der Waals surface area contributed by atoms with Crippen LogP contribution in [0.3, 0.4) is 0 Å². The highest BCUT2D eigenvalue weighted by atomic mass is 35.5. The van der Waals surface area contributed by atoms with E-state index in [2.05, 4.69) is 5.32 Å². The molecule has 5 nitrogen and oxygen atoms in total. The smallest absolute Gasteiger partial charge is 0.234 e. The SMILES string of the molecule is COc1cccc(SCC(=O)Nc2cc(Cl)c(OC)cc2OC)c1. The lowest BCUT2D eigenvalue weighted by atomic mass is 10.2. The highest BCUT2D eigenvalue weighted by Gasteiger charge is 2.13. The molecule has 0 heterocycles. The molecule has 2 aromatic rings. The predicted molar refractivity (Wildman–Crippen MR) is 96.9 cm³/mol. The quantitative estimate of drug-likeness (QED) is 0.747. The molecule has 2 aromatic carbocycles. The van der Waals surface area contributed by atoms with Gasteiger partial charge in [-0.25, -0.2) is 0 Å². The molecule has 24 heavy (non-hydrogen) atoms. The summed E-state index contributed by atoms with van der Waals surface area (Å²) in [6.07, 6.45) is 0. The summed E-state index contributed by atoms with van der Waals surface area (Å²) in [7, 11) is 4.64. The standard InChI is InChI=1S/C17H18ClNO4S/c1-21-11-5-4-6-12(7-11)24-10-17(20)19-14-8-13(18)15(22-2)9-16(14)23-3/h4-9H,10H2,1-3H3,(H,19,20). The van der Waals surface area contributed by atoms with Gasteiger partial charge in [0.25, 0.3) is 0 Å². The number of ether oxygens (including phenoxy) is 3. The molecule has 0 atom stereocenters. The lowest BCUT2D eigenvalue weighted by molar-refractivity contribution is -0.113. The zero-order valence-corrected chi connectivity index (χ0v) is 15.2. The number of carbonyl (C=O) groups excluding carboxylic acids is 1. The lowest BCUT2D eigenvalue weighted by Crippen LogP contribution is -2.14. The topological polar surface area (TPSA) is 56.8 Å². The zero-order valence-electron chi connectivity index (χ0n) is 13.6. The van der Waals surface area contributed by atoms with Crippen molar-refractivity contribution in [3.05, 3.63) is 41.4 Å². The number of anilines is 1. The molecule has 0 aliphatic heterocycles. The summed E-state index contributed by atoms with van der Waals surface area (Å²) < 4.78 is 15.6. The van der Waals surface area contributed by atoms with E-state index in [0.29, 0.717) is 22.2 Å². The van der Waals surface area contributed by atoms with Crippen molar-refractivity contribution in [2.75, 3.05) is 32.4 Å². The highest BCUT2D eigenvalue weighted by Crippen LogP contribution is 2.36. The molecule has 1 N–H and O–H groups in total. The third-order valence-corrected chi connectivity index (χ3v) is 4.45. The molecular formula is C17H18ClNO4S. The molecule has 0 aliphatic carbocycles. The number of carbonyl (C=O) groups is 1. The largest absolute Gasteiger partial charge is 0.497 e. The monoisotopic (exact) mass is 367 g/mol. The maximum Gasteiger partial charge on any atom is 0.234 e. The Bertz CT molecular complexity index is 724. The number of halogens is 1.